The lowest BCUT2D eigenvalue weighted by atomic mass is 10.2. The fourth-order valence-corrected chi connectivity index (χ4v) is 2.68. The molecular formula is C19H22ClFN2O2. The molecule has 2 aromatic rings. The highest BCUT2D eigenvalue weighted by molar-refractivity contribution is 6.31. The van der Waals surface area contributed by atoms with E-state index in [1.807, 2.05) is 24.3 Å². The number of nitrogens with zero attached hydrogens (tertiary/aromatic N) is 2. The van der Waals surface area contributed by atoms with Crippen molar-refractivity contribution in [2.75, 3.05) is 27.7 Å². The van der Waals surface area contributed by atoms with Crippen LogP contribution in [0.2, 0.25) is 5.02 Å². The number of hydrogen-bond donors (Lipinski definition) is 0. The van der Waals surface area contributed by atoms with Crippen LogP contribution < -0.4 is 4.74 Å². The van der Waals surface area contributed by atoms with E-state index in [0.717, 1.165) is 11.3 Å². The van der Waals surface area contributed by atoms with Crippen LogP contribution in [0, 0.1) is 5.82 Å². The van der Waals surface area contributed by atoms with Crippen LogP contribution in [0.4, 0.5) is 4.39 Å². The smallest absolute Gasteiger partial charge is 0.236 e. The number of halogens is 2. The topological polar surface area (TPSA) is 32.8 Å². The van der Waals surface area contributed by atoms with Crippen molar-refractivity contribution in [3.05, 3.63) is 64.4 Å². The number of benzene rings is 2. The Labute approximate surface area is 152 Å². The lowest BCUT2D eigenvalue weighted by Gasteiger charge is -2.22. The SMILES string of the molecule is COc1ccc(CN(C)C(=O)CN(C)Cc2c(F)cccc2Cl)cc1. The highest BCUT2D eigenvalue weighted by atomic mass is 35.5. The minimum absolute atomic E-state index is 0.0502. The van der Waals surface area contributed by atoms with Crippen molar-refractivity contribution in [2.45, 2.75) is 13.1 Å². The first-order chi connectivity index (χ1) is 11.9. The zero-order chi connectivity index (χ0) is 18.4. The predicted molar refractivity (Wildman–Crippen MR) is 97.2 cm³/mol. The number of amides is 1. The summed E-state index contributed by atoms with van der Waals surface area (Å²) in [6, 6.07) is 12.1. The average Bonchev–Trinajstić information content (AvgIpc) is 2.59. The monoisotopic (exact) mass is 364 g/mol. The Bertz CT molecular complexity index is 702. The molecule has 25 heavy (non-hydrogen) atoms. The summed E-state index contributed by atoms with van der Waals surface area (Å²) in [7, 11) is 5.13. The molecule has 0 fully saturated rings. The molecule has 0 atom stereocenters. The molecule has 0 aliphatic carbocycles. The Morgan fingerprint density at radius 2 is 1.80 bits per heavy atom. The molecule has 0 saturated heterocycles. The summed E-state index contributed by atoms with van der Waals surface area (Å²) in [5.74, 6) is 0.364. The molecule has 4 nitrogen and oxygen atoms in total. The number of carbonyl (C=O) groups excluding carboxylic acids is 1. The van der Waals surface area contributed by atoms with E-state index in [4.69, 9.17) is 16.3 Å². The largest absolute Gasteiger partial charge is 0.497 e. The van der Waals surface area contributed by atoms with Crippen LogP contribution in [-0.2, 0) is 17.9 Å². The third-order valence-electron chi connectivity index (χ3n) is 3.90. The second-order valence-corrected chi connectivity index (χ2v) is 6.38. The van der Waals surface area contributed by atoms with Gasteiger partial charge in [-0.15, -0.1) is 0 Å². The first-order valence-electron chi connectivity index (χ1n) is 7.89. The Hall–Kier alpha value is -2.11. The van der Waals surface area contributed by atoms with Crippen LogP contribution in [0.3, 0.4) is 0 Å². The maximum Gasteiger partial charge on any atom is 0.236 e. The summed E-state index contributed by atoms with van der Waals surface area (Å²) >= 11 is 6.03. The van der Waals surface area contributed by atoms with Gasteiger partial charge in [-0.05, 0) is 36.9 Å². The Morgan fingerprint density at radius 3 is 2.40 bits per heavy atom. The van der Waals surface area contributed by atoms with Crippen LogP contribution >= 0.6 is 11.6 Å². The molecule has 0 aliphatic heterocycles. The predicted octanol–water partition coefficient (Wildman–Crippen LogP) is 3.58. The molecule has 0 bridgehead atoms. The second-order valence-electron chi connectivity index (χ2n) is 5.97. The van der Waals surface area contributed by atoms with E-state index in [1.165, 1.54) is 6.07 Å². The first-order valence-corrected chi connectivity index (χ1v) is 8.27. The van der Waals surface area contributed by atoms with E-state index < -0.39 is 0 Å². The molecule has 0 spiro atoms. The van der Waals surface area contributed by atoms with Crippen LogP contribution in [0.5, 0.6) is 5.75 Å². The number of ether oxygens (including phenoxy) is 1. The van der Waals surface area contributed by atoms with E-state index in [-0.39, 0.29) is 24.8 Å². The van der Waals surface area contributed by atoms with Crippen molar-refractivity contribution in [1.82, 2.24) is 9.80 Å². The quantitative estimate of drug-likeness (QED) is 0.752. The molecule has 0 heterocycles. The van der Waals surface area contributed by atoms with E-state index in [0.29, 0.717) is 17.1 Å². The lowest BCUT2D eigenvalue weighted by molar-refractivity contribution is -0.131. The van der Waals surface area contributed by atoms with E-state index in [1.54, 1.807) is 43.1 Å². The third kappa shape index (κ3) is 5.44. The van der Waals surface area contributed by atoms with E-state index in [9.17, 15) is 9.18 Å². The van der Waals surface area contributed by atoms with Crippen molar-refractivity contribution in [1.29, 1.82) is 0 Å². The molecule has 6 heteroatoms. The highest BCUT2D eigenvalue weighted by Crippen LogP contribution is 2.20. The van der Waals surface area contributed by atoms with E-state index in [2.05, 4.69) is 0 Å². The van der Waals surface area contributed by atoms with Gasteiger partial charge >= 0.3 is 0 Å². The van der Waals surface area contributed by atoms with Gasteiger partial charge in [-0.2, -0.15) is 0 Å². The van der Waals surface area contributed by atoms with Crippen LogP contribution in [0.15, 0.2) is 42.5 Å². The summed E-state index contributed by atoms with van der Waals surface area (Å²) in [5, 5.41) is 0.367. The van der Waals surface area contributed by atoms with Crippen molar-refractivity contribution < 1.29 is 13.9 Å². The first kappa shape index (κ1) is 19.2. The minimum atomic E-state index is -0.363. The molecule has 0 saturated carbocycles. The fraction of sp³-hybridized carbons (Fsp3) is 0.316. The van der Waals surface area contributed by atoms with Gasteiger partial charge in [0.2, 0.25) is 5.91 Å². The number of hydrogen-bond acceptors (Lipinski definition) is 3. The zero-order valence-electron chi connectivity index (χ0n) is 14.6. The molecule has 0 radical (unpaired) electrons. The van der Waals surface area contributed by atoms with Crippen LogP contribution in [0.25, 0.3) is 0 Å². The Kier molecular flexibility index (Phi) is 6.79. The molecule has 134 valence electrons. The molecule has 0 N–H and O–H groups in total. The van der Waals surface area contributed by atoms with E-state index >= 15 is 0 Å². The van der Waals surface area contributed by atoms with Gasteiger partial charge in [-0.25, -0.2) is 4.39 Å². The van der Waals surface area contributed by atoms with Gasteiger partial charge in [0.25, 0.3) is 0 Å². The summed E-state index contributed by atoms with van der Waals surface area (Å²) in [6.45, 7) is 0.946. The molecule has 0 aliphatic rings. The zero-order valence-corrected chi connectivity index (χ0v) is 15.4. The van der Waals surface area contributed by atoms with Gasteiger partial charge in [0.1, 0.15) is 11.6 Å². The van der Waals surface area contributed by atoms with Gasteiger partial charge in [0.05, 0.1) is 13.7 Å². The van der Waals surface area contributed by atoms with Gasteiger partial charge in [-0.1, -0.05) is 29.8 Å². The normalized spacial score (nSPS) is 10.8. The van der Waals surface area contributed by atoms with Crippen LogP contribution in [0.1, 0.15) is 11.1 Å². The number of carbonyl (C=O) groups is 1. The van der Waals surface area contributed by atoms with Gasteiger partial charge < -0.3 is 9.64 Å². The summed E-state index contributed by atoms with van der Waals surface area (Å²) in [6.07, 6.45) is 0. The number of rotatable bonds is 7. The standard InChI is InChI=1S/C19H22ClFN2O2/c1-22(12-16-17(20)5-4-6-18(16)21)13-19(24)23(2)11-14-7-9-15(25-3)10-8-14/h4-10H,11-13H2,1-3H3. The maximum absolute atomic E-state index is 13.8. The molecule has 2 aromatic carbocycles. The lowest BCUT2D eigenvalue weighted by Crippen LogP contribution is -2.36. The van der Waals surface area contributed by atoms with Crippen molar-refractivity contribution in [2.24, 2.45) is 0 Å². The summed E-state index contributed by atoms with van der Waals surface area (Å²) in [4.78, 5) is 15.8. The average molecular weight is 365 g/mol. The highest BCUT2D eigenvalue weighted by Gasteiger charge is 2.15. The number of likely N-dealkylation sites (N-methyl/N-ethyl adjacent to an activating group) is 2. The van der Waals surface area contributed by atoms with Crippen LogP contribution in [-0.4, -0.2) is 43.5 Å². The van der Waals surface area contributed by atoms with Crippen molar-refractivity contribution in [3.63, 3.8) is 0 Å². The second kappa shape index (κ2) is 8.83. The minimum Gasteiger partial charge on any atom is -0.497 e. The molecular weight excluding hydrogens is 343 g/mol. The Morgan fingerprint density at radius 1 is 1.12 bits per heavy atom. The third-order valence-corrected chi connectivity index (χ3v) is 4.25. The van der Waals surface area contributed by atoms with Crippen molar-refractivity contribution >= 4 is 17.5 Å². The number of methoxy groups -OCH3 is 1. The van der Waals surface area contributed by atoms with Gasteiger partial charge in [0.15, 0.2) is 0 Å². The summed E-state index contributed by atoms with van der Waals surface area (Å²) in [5.41, 5.74) is 1.41. The van der Waals surface area contributed by atoms with Gasteiger partial charge in [0, 0.05) is 30.7 Å². The molecule has 2 rings (SSSR count). The Balaban J connectivity index is 1.91. The molecule has 0 unspecified atom stereocenters. The summed E-state index contributed by atoms with van der Waals surface area (Å²) < 4.78 is 19.0. The fourth-order valence-electron chi connectivity index (χ4n) is 2.45. The van der Waals surface area contributed by atoms with Crippen molar-refractivity contribution in [3.8, 4) is 5.75 Å². The van der Waals surface area contributed by atoms with Gasteiger partial charge in [-0.3, -0.25) is 9.69 Å². The maximum atomic E-state index is 13.8. The molecule has 0 aromatic heterocycles. The molecule has 1 amide bonds.